The molecule has 3 rings (SSSR count). The number of rotatable bonds is 18. The Kier molecular flexibility index (Phi) is 12.7. The SMILES string of the molecule is CCCCCCCCCCCCc1cc([C@@H](C(=O)Nc2c(OC)cc(OC)cc2OC)c2ccccc2)on1. The maximum Gasteiger partial charge on any atom is 0.239 e. The van der Waals surface area contributed by atoms with Crippen LogP contribution in [0.4, 0.5) is 5.69 Å². The number of methoxy groups -OCH3 is 3. The fraction of sp³-hybridized carbons (Fsp3) is 0.500. The van der Waals surface area contributed by atoms with Crippen molar-refractivity contribution in [1.82, 2.24) is 5.16 Å². The first-order valence-corrected chi connectivity index (χ1v) is 14.2. The van der Waals surface area contributed by atoms with E-state index < -0.39 is 5.92 Å². The van der Waals surface area contributed by atoms with Gasteiger partial charge in [-0.1, -0.05) is 100 Å². The van der Waals surface area contributed by atoms with E-state index in [1.165, 1.54) is 72.0 Å². The molecule has 0 aliphatic rings. The Labute approximate surface area is 233 Å². The van der Waals surface area contributed by atoms with Crippen molar-refractivity contribution in [3.8, 4) is 17.2 Å². The second-order valence-corrected chi connectivity index (χ2v) is 9.89. The molecule has 39 heavy (non-hydrogen) atoms. The van der Waals surface area contributed by atoms with E-state index in [1.54, 1.807) is 19.2 Å². The molecule has 212 valence electrons. The predicted octanol–water partition coefficient (Wildman–Crippen LogP) is 7.93. The van der Waals surface area contributed by atoms with Crippen LogP contribution in [0.1, 0.15) is 94.1 Å². The van der Waals surface area contributed by atoms with Crippen LogP contribution in [0.15, 0.2) is 53.1 Å². The molecular formula is C32H44N2O5. The van der Waals surface area contributed by atoms with E-state index >= 15 is 0 Å². The van der Waals surface area contributed by atoms with Gasteiger partial charge >= 0.3 is 0 Å². The number of carbonyl (C=O) groups is 1. The molecule has 0 unspecified atom stereocenters. The zero-order chi connectivity index (χ0) is 27.9. The standard InChI is InChI=1S/C32H44N2O5/c1-5-6-7-8-9-10-11-12-13-17-20-25-21-27(39-34-25)30(24-18-15-14-16-19-24)32(35)33-31-28(37-3)22-26(36-2)23-29(31)38-4/h14-16,18-19,21-23,30H,5-13,17,20H2,1-4H3,(H,33,35)/t30-/m0/s1. The van der Waals surface area contributed by atoms with Crippen molar-refractivity contribution < 1.29 is 23.5 Å². The number of aryl methyl sites for hydroxylation is 1. The number of aromatic nitrogens is 1. The molecule has 0 aliphatic heterocycles. The number of carbonyl (C=O) groups excluding carboxylic acids is 1. The lowest BCUT2D eigenvalue weighted by Crippen LogP contribution is -2.22. The van der Waals surface area contributed by atoms with Gasteiger partial charge in [-0.05, 0) is 18.4 Å². The molecule has 1 aromatic heterocycles. The summed E-state index contributed by atoms with van der Waals surface area (Å²) in [7, 11) is 4.64. The molecule has 7 nitrogen and oxygen atoms in total. The molecule has 0 spiro atoms. The highest BCUT2D eigenvalue weighted by Gasteiger charge is 2.29. The zero-order valence-corrected chi connectivity index (χ0v) is 24.0. The second kappa shape index (κ2) is 16.5. The minimum absolute atomic E-state index is 0.274. The van der Waals surface area contributed by atoms with Crippen LogP contribution < -0.4 is 19.5 Å². The van der Waals surface area contributed by atoms with E-state index in [4.69, 9.17) is 18.7 Å². The molecule has 1 N–H and O–H groups in total. The molecule has 1 heterocycles. The molecule has 0 radical (unpaired) electrons. The Balaban J connectivity index is 1.65. The third kappa shape index (κ3) is 9.05. The van der Waals surface area contributed by atoms with Gasteiger partial charge in [0.1, 0.15) is 28.9 Å². The Morgan fingerprint density at radius 3 is 1.97 bits per heavy atom. The predicted molar refractivity (Wildman–Crippen MR) is 155 cm³/mol. The third-order valence-corrected chi connectivity index (χ3v) is 7.01. The fourth-order valence-corrected chi connectivity index (χ4v) is 4.79. The molecular weight excluding hydrogens is 492 g/mol. The second-order valence-electron chi connectivity index (χ2n) is 9.89. The summed E-state index contributed by atoms with van der Waals surface area (Å²) in [5.41, 5.74) is 2.11. The number of benzene rings is 2. The molecule has 0 saturated carbocycles. The Morgan fingerprint density at radius 1 is 0.821 bits per heavy atom. The van der Waals surface area contributed by atoms with Crippen molar-refractivity contribution in [3.05, 3.63) is 65.5 Å². The lowest BCUT2D eigenvalue weighted by Gasteiger charge is -2.19. The summed E-state index contributed by atoms with van der Waals surface area (Å²) in [4.78, 5) is 13.7. The number of hydrogen-bond donors (Lipinski definition) is 1. The van der Waals surface area contributed by atoms with Crippen molar-refractivity contribution in [2.45, 2.75) is 83.5 Å². The average molecular weight is 537 g/mol. The van der Waals surface area contributed by atoms with E-state index in [0.29, 0.717) is 28.7 Å². The monoisotopic (exact) mass is 536 g/mol. The highest BCUT2D eigenvalue weighted by molar-refractivity contribution is 6.00. The van der Waals surface area contributed by atoms with Crippen LogP contribution in [0.3, 0.4) is 0 Å². The third-order valence-electron chi connectivity index (χ3n) is 7.01. The minimum Gasteiger partial charge on any atom is -0.496 e. The van der Waals surface area contributed by atoms with E-state index in [9.17, 15) is 4.79 Å². The maximum atomic E-state index is 13.7. The van der Waals surface area contributed by atoms with Crippen LogP contribution in [-0.2, 0) is 11.2 Å². The molecule has 0 bridgehead atoms. The number of anilines is 1. The Hall–Kier alpha value is -3.48. The lowest BCUT2D eigenvalue weighted by atomic mass is 9.94. The first-order valence-electron chi connectivity index (χ1n) is 14.2. The van der Waals surface area contributed by atoms with Crippen LogP contribution in [0.25, 0.3) is 0 Å². The van der Waals surface area contributed by atoms with Gasteiger partial charge in [-0.3, -0.25) is 4.79 Å². The van der Waals surface area contributed by atoms with Crippen LogP contribution in [0.5, 0.6) is 17.2 Å². The normalized spacial score (nSPS) is 11.7. The quantitative estimate of drug-likeness (QED) is 0.166. The summed E-state index contributed by atoms with van der Waals surface area (Å²) in [6.45, 7) is 2.26. The largest absolute Gasteiger partial charge is 0.496 e. The molecule has 0 aliphatic carbocycles. The van der Waals surface area contributed by atoms with Gasteiger partial charge in [0.2, 0.25) is 5.91 Å². The number of unbranched alkanes of at least 4 members (excludes halogenated alkanes) is 9. The number of amides is 1. The van der Waals surface area contributed by atoms with Crippen molar-refractivity contribution in [1.29, 1.82) is 0 Å². The summed E-state index contributed by atoms with van der Waals surface area (Å²) in [5, 5.41) is 7.29. The zero-order valence-electron chi connectivity index (χ0n) is 24.0. The number of ether oxygens (including phenoxy) is 3. The number of nitrogens with zero attached hydrogens (tertiary/aromatic N) is 1. The van der Waals surface area contributed by atoms with Gasteiger partial charge in [-0.25, -0.2) is 0 Å². The average Bonchev–Trinajstić information content (AvgIpc) is 3.42. The van der Waals surface area contributed by atoms with Crippen LogP contribution in [-0.4, -0.2) is 32.4 Å². The molecule has 0 fully saturated rings. The summed E-state index contributed by atoms with van der Waals surface area (Å²) in [6, 6.07) is 14.9. The van der Waals surface area contributed by atoms with E-state index in [2.05, 4.69) is 17.4 Å². The molecule has 7 heteroatoms. The highest BCUT2D eigenvalue weighted by atomic mass is 16.5. The number of hydrogen-bond acceptors (Lipinski definition) is 6. The van der Waals surface area contributed by atoms with Gasteiger partial charge in [-0.2, -0.15) is 0 Å². The first kappa shape index (κ1) is 30.1. The number of nitrogens with one attached hydrogen (secondary N) is 1. The molecule has 1 amide bonds. The van der Waals surface area contributed by atoms with Crippen LogP contribution in [0, 0.1) is 0 Å². The minimum atomic E-state index is -0.684. The van der Waals surface area contributed by atoms with Gasteiger partial charge in [0.15, 0.2) is 5.76 Å². The highest BCUT2D eigenvalue weighted by Crippen LogP contribution is 2.40. The van der Waals surface area contributed by atoms with E-state index in [-0.39, 0.29) is 5.91 Å². The van der Waals surface area contributed by atoms with Gasteiger partial charge in [-0.15, -0.1) is 0 Å². The summed E-state index contributed by atoms with van der Waals surface area (Å²) >= 11 is 0. The molecule has 1 atom stereocenters. The van der Waals surface area contributed by atoms with Crippen molar-refractivity contribution in [2.75, 3.05) is 26.6 Å². The van der Waals surface area contributed by atoms with Gasteiger partial charge < -0.3 is 24.1 Å². The van der Waals surface area contributed by atoms with Gasteiger partial charge in [0.25, 0.3) is 0 Å². The molecule has 0 saturated heterocycles. The van der Waals surface area contributed by atoms with Crippen molar-refractivity contribution >= 4 is 11.6 Å². The van der Waals surface area contributed by atoms with Gasteiger partial charge in [0.05, 0.1) is 27.0 Å². The summed E-state index contributed by atoms with van der Waals surface area (Å²) in [6.07, 6.45) is 13.7. The van der Waals surface area contributed by atoms with E-state index in [0.717, 1.165) is 24.1 Å². The van der Waals surface area contributed by atoms with Gasteiger partial charge in [0, 0.05) is 18.2 Å². The topological polar surface area (TPSA) is 82.8 Å². The maximum absolute atomic E-state index is 13.7. The Morgan fingerprint density at radius 2 is 1.41 bits per heavy atom. The van der Waals surface area contributed by atoms with Crippen LogP contribution >= 0.6 is 0 Å². The van der Waals surface area contributed by atoms with Crippen LogP contribution in [0.2, 0.25) is 0 Å². The Bertz CT molecular complexity index is 1100. The van der Waals surface area contributed by atoms with E-state index in [1.807, 2.05) is 36.4 Å². The molecule has 3 aromatic rings. The van der Waals surface area contributed by atoms with Crippen molar-refractivity contribution in [3.63, 3.8) is 0 Å². The first-order chi connectivity index (χ1) is 19.1. The summed E-state index contributed by atoms with van der Waals surface area (Å²) in [5.74, 6) is 0.984. The van der Waals surface area contributed by atoms with Crippen molar-refractivity contribution in [2.24, 2.45) is 0 Å². The fourth-order valence-electron chi connectivity index (χ4n) is 4.79. The summed E-state index contributed by atoms with van der Waals surface area (Å²) < 4.78 is 22.1. The molecule has 2 aromatic carbocycles. The smallest absolute Gasteiger partial charge is 0.239 e. The lowest BCUT2D eigenvalue weighted by molar-refractivity contribution is -0.117.